The highest BCUT2D eigenvalue weighted by molar-refractivity contribution is 5.73. The molecule has 2 heterocycles. The smallest absolute Gasteiger partial charge is 0.306 e. The highest BCUT2D eigenvalue weighted by Gasteiger charge is 2.97. The van der Waals surface area contributed by atoms with Crippen molar-refractivity contribution < 1.29 is 43.5 Å². The van der Waals surface area contributed by atoms with Crippen LogP contribution in [0.3, 0.4) is 0 Å². The van der Waals surface area contributed by atoms with Crippen molar-refractivity contribution in [3.8, 4) is 0 Å². The summed E-state index contributed by atoms with van der Waals surface area (Å²) in [5.41, 5.74) is -6.86. The maximum absolute atomic E-state index is 13.2. The molecule has 6 fully saturated rings. The number of carbonyl (C=O) groups excluding carboxylic acids is 2. The first-order valence-electron chi connectivity index (χ1n) is 13.4. The van der Waals surface area contributed by atoms with E-state index in [0.29, 0.717) is 32.3 Å². The molecule has 4 aliphatic carbocycles. The molecule has 0 aromatic heterocycles. The van der Waals surface area contributed by atoms with Crippen LogP contribution < -0.4 is 0 Å². The van der Waals surface area contributed by atoms with Gasteiger partial charge in [0.25, 0.3) is 0 Å². The first kappa shape index (κ1) is 25.0. The van der Waals surface area contributed by atoms with Crippen molar-refractivity contribution in [1.82, 2.24) is 0 Å². The minimum Gasteiger partial charge on any atom is -0.469 e. The summed E-state index contributed by atoms with van der Waals surface area (Å²) in [5, 5.41) is 23.9. The quantitative estimate of drug-likeness (QED) is 0.538. The number of rotatable bonds is 5. The number of aliphatic hydroxyl groups excluding tert-OH is 1. The lowest BCUT2D eigenvalue weighted by Crippen LogP contribution is -2.95. The average molecular weight is 509 g/mol. The van der Waals surface area contributed by atoms with Crippen LogP contribution in [0.25, 0.3) is 0 Å². The van der Waals surface area contributed by atoms with Crippen molar-refractivity contribution in [2.45, 2.75) is 108 Å². The lowest BCUT2D eigenvalue weighted by atomic mass is 9.33. The molecule has 0 aromatic carbocycles. The van der Waals surface area contributed by atoms with E-state index in [1.807, 2.05) is 13.8 Å². The van der Waals surface area contributed by atoms with Crippen LogP contribution in [0.4, 0.5) is 0 Å². The normalized spacial score (nSPS) is 57.1. The first-order chi connectivity index (χ1) is 16.8. The summed E-state index contributed by atoms with van der Waals surface area (Å²) in [7, 11) is 1.39. The van der Waals surface area contributed by atoms with Crippen LogP contribution in [0.1, 0.15) is 73.1 Å². The second-order valence-corrected chi connectivity index (χ2v) is 13.1. The predicted octanol–water partition coefficient (Wildman–Crippen LogP) is 2.10. The minimum absolute atomic E-state index is 0.0213. The second kappa shape index (κ2) is 7.03. The zero-order valence-electron chi connectivity index (χ0n) is 22.2. The van der Waals surface area contributed by atoms with Gasteiger partial charge in [0.2, 0.25) is 0 Å². The van der Waals surface area contributed by atoms with Gasteiger partial charge < -0.3 is 33.9 Å². The van der Waals surface area contributed by atoms with Gasteiger partial charge in [0.05, 0.1) is 19.6 Å². The minimum atomic E-state index is -1.54. The Kier molecular flexibility index (Phi) is 4.89. The van der Waals surface area contributed by atoms with E-state index < -0.39 is 62.7 Å². The van der Waals surface area contributed by atoms with E-state index in [2.05, 4.69) is 13.8 Å². The van der Waals surface area contributed by atoms with Crippen molar-refractivity contribution in [3.05, 3.63) is 0 Å². The number of aliphatic hydroxyl groups is 2. The van der Waals surface area contributed by atoms with Gasteiger partial charge in [-0.05, 0) is 56.3 Å². The van der Waals surface area contributed by atoms with E-state index in [9.17, 15) is 19.8 Å². The molecule has 9 heteroatoms. The topological polar surface area (TPSA) is 121 Å². The summed E-state index contributed by atoms with van der Waals surface area (Å²) in [6.07, 6.45) is 0.415. The molecule has 0 aromatic rings. The Bertz CT molecular complexity index is 1020. The molecule has 202 valence electrons. The van der Waals surface area contributed by atoms with Crippen molar-refractivity contribution >= 4 is 11.9 Å². The van der Waals surface area contributed by atoms with E-state index in [1.165, 1.54) is 7.11 Å². The van der Waals surface area contributed by atoms with Gasteiger partial charge >= 0.3 is 11.9 Å². The SMILES string of the molecule is CCOC12C3CC(=O)OC1C1(O)CC4(C)CC15OCOC2(CCC3(C)C(C)O)C5(C)C4CC(=O)OC. The fourth-order valence-corrected chi connectivity index (χ4v) is 10.9. The highest BCUT2D eigenvalue weighted by atomic mass is 16.7. The van der Waals surface area contributed by atoms with Crippen LogP contribution in [0.2, 0.25) is 0 Å². The molecule has 11 unspecified atom stereocenters. The number of fused-ring (bicyclic) bond motifs is 2. The van der Waals surface area contributed by atoms with Gasteiger partial charge in [0, 0.05) is 24.4 Å². The molecular weight excluding hydrogens is 468 g/mol. The number of hydrogen-bond acceptors (Lipinski definition) is 9. The molecule has 0 amide bonds. The van der Waals surface area contributed by atoms with Crippen molar-refractivity contribution in [2.75, 3.05) is 20.5 Å². The van der Waals surface area contributed by atoms with Crippen LogP contribution >= 0.6 is 0 Å². The number of esters is 2. The zero-order chi connectivity index (χ0) is 26.2. The van der Waals surface area contributed by atoms with Crippen molar-refractivity contribution in [3.63, 3.8) is 0 Å². The standard InChI is InChI=1S/C27H40O9/c1-7-33-27-17-11-19(30)36-20(27)24(31)12-21(3)13-26(24)23(5,16(21)10-18(29)32-6)25(27,34-14-35-26)9-8-22(17,4)15(2)28/h15-17,20,28,31H,7-14H2,1-6H3. The number of ether oxygens (including phenoxy) is 5. The fraction of sp³-hybridized carbons (Fsp3) is 0.926. The van der Waals surface area contributed by atoms with Crippen molar-refractivity contribution in [2.24, 2.45) is 28.1 Å². The molecule has 6 aliphatic rings. The van der Waals surface area contributed by atoms with Crippen LogP contribution in [-0.2, 0) is 33.3 Å². The molecule has 3 bridgehead atoms. The maximum atomic E-state index is 13.2. The summed E-state index contributed by atoms with van der Waals surface area (Å²) in [5.74, 6) is -1.40. The zero-order valence-corrected chi connectivity index (χ0v) is 22.2. The van der Waals surface area contributed by atoms with Crippen LogP contribution in [0, 0.1) is 28.1 Å². The largest absolute Gasteiger partial charge is 0.469 e. The van der Waals surface area contributed by atoms with Gasteiger partial charge in [0.15, 0.2) is 6.10 Å². The van der Waals surface area contributed by atoms with Crippen LogP contribution in [0.5, 0.6) is 0 Å². The fourth-order valence-electron chi connectivity index (χ4n) is 10.9. The molecule has 6 rings (SSSR count). The Morgan fingerprint density at radius 1 is 1.17 bits per heavy atom. The molecule has 11 atom stereocenters. The molecule has 0 radical (unpaired) electrons. The predicted molar refractivity (Wildman–Crippen MR) is 124 cm³/mol. The summed E-state index contributed by atoms with van der Waals surface area (Å²) in [6, 6.07) is 0. The third-order valence-electron chi connectivity index (χ3n) is 12.2. The summed E-state index contributed by atoms with van der Waals surface area (Å²) < 4.78 is 31.4. The Labute approximate surface area is 212 Å². The average Bonchev–Trinajstić information content (AvgIpc) is 3.17. The van der Waals surface area contributed by atoms with Gasteiger partial charge in [0.1, 0.15) is 29.2 Å². The molecule has 36 heavy (non-hydrogen) atoms. The summed E-state index contributed by atoms with van der Waals surface area (Å²) >= 11 is 0. The lowest BCUT2D eigenvalue weighted by molar-refractivity contribution is -0.492. The molecular formula is C27H40O9. The molecule has 9 nitrogen and oxygen atoms in total. The van der Waals surface area contributed by atoms with E-state index in [1.54, 1.807) is 6.92 Å². The van der Waals surface area contributed by atoms with Gasteiger partial charge in [-0.25, -0.2) is 0 Å². The Balaban J connectivity index is 1.68. The first-order valence-corrected chi connectivity index (χ1v) is 13.4. The maximum Gasteiger partial charge on any atom is 0.306 e. The third kappa shape index (κ3) is 2.23. The van der Waals surface area contributed by atoms with Gasteiger partial charge in [-0.1, -0.05) is 20.8 Å². The van der Waals surface area contributed by atoms with E-state index >= 15 is 0 Å². The van der Waals surface area contributed by atoms with E-state index in [-0.39, 0.29) is 31.5 Å². The summed E-state index contributed by atoms with van der Waals surface area (Å²) in [4.78, 5) is 26.0. The third-order valence-corrected chi connectivity index (χ3v) is 12.2. The van der Waals surface area contributed by atoms with Crippen molar-refractivity contribution in [1.29, 1.82) is 0 Å². The number of methoxy groups -OCH3 is 1. The Hall–Kier alpha value is -1.26. The second-order valence-electron chi connectivity index (χ2n) is 13.1. The lowest BCUT2D eigenvalue weighted by Gasteiger charge is -2.80. The number of carbonyl (C=O) groups is 2. The Morgan fingerprint density at radius 2 is 1.86 bits per heavy atom. The molecule has 2 spiro atoms. The Morgan fingerprint density at radius 3 is 2.50 bits per heavy atom. The van der Waals surface area contributed by atoms with E-state index in [0.717, 1.165) is 0 Å². The molecule has 4 saturated carbocycles. The van der Waals surface area contributed by atoms with Gasteiger partial charge in [-0.15, -0.1) is 0 Å². The molecule has 2 aliphatic heterocycles. The molecule has 2 saturated heterocycles. The number of hydrogen-bond donors (Lipinski definition) is 2. The highest BCUT2D eigenvalue weighted by Crippen LogP contribution is 2.86. The van der Waals surface area contributed by atoms with Crippen LogP contribution in [0.15, 0.2) is 0 Å². The summed E-state index contributed by atoms with van der Waals surface area (Å²) in [6.45, 7) is 10.1. The van der Waals surface area contributed by atoms with Gasteiger partial charge in [-0.3, -0.25) is 9.59 Å². The molecule has 2 N–H and O–H groups in total. The monoisotopic (exact) mass is 508 g/mol. The van der Waals surface area contributed by atoms with Gasteiger partial charge in [-0.2, -0.15) is 0 Å². The van der Waals surface area contributed by atoms with Crippen LogP contribution in [-0.4, -0.2) is 77.3 Å². The van der Waals surface area contributed by atoms with E-state index in [4.69, 9.17) is 23.7 Å².